The van der Waals surface area contributed by atoms with E-state index in [2.05, 4.69) is 4.98 Å². The Hall–Kier alpha value is -1.59. The highest BCUT2D eigenvalue weighted by atomic mass is 35.5. The van der Waals surface area contributed by atoms with Gasteiger partial charge in [-0.3, -0.25) is 0 Å². The van der Waals surface area contributed by atoms with Gasteiger partial charge in [0.05, 0.1) is 10.0 Å². The summed E-state index contributed by atoms with van der Waals surface area (Å²) in [6.45, 7) is 1.85. The van der Waals surface area contributed by atoms with Crippen molar-refractivity contribution in [2.45, 2.75) is 13.5 Å². The third kappa shape index (κ3) is 2.80. The zero-order valence-electron chi connectivity index (χ0n) is 9.51. The van der Waals surface area contributed by atoms with Crippen LogP contribution in [0, 0.1) is 6.92 Å². The van der Waals surface area contributed by atoms with Crippen LogP contribution in [0.2, 0.25) is 5.02 Å². The van der Waals surface area contributed by atoms with Gasteiger partial charge in [0.25, 0.3) is 0 Å². The number of carbonyl (C=O) groups is 1. The number of ether oxygens (including phenoxy) is 1. The lowest BCUT2D eigenvalue weighted by Crippen LogP contribution is -2.03. The second-order valence-corrected chi connectivity index (χ2v) is 5.14. The van der Waals surface area contributed by atoms with E-state index in [-0.39, 0.29) is 11.5 Å². The Morgan fingerprint density at radius 1 is 1.50 bits per heavy atom. The fourth-order valence-electron chi connectivity index (χ4n) is 1.44. The van der Waals surface area contributed by atoms with Crippen molar-refractivity contribution in [3.63, 3.8) is 0 Å². The Morgan fingerprint density at radius 2 is 2.22 bits per heavy atom. The molecule has 0 unspecified atom stereocenters. The molecule has 1 aromatic carbocycles. The molecule has 94 valence electrons. The molecule has 0 radical (unpaired) electrons. The summed E-state index contributed by atoms with van der Waals surface area (Å²) in [4.78, 5) is 15.4. The van der Waals surface area contributed by atoms with Crippen LogP contribution in [0.4, 0.5) is 0 Å². The third-order valence-electron chi connectivity index (χ3n) is 2.20. The molecule has 4 nitrogen and oxygen atoms in total. The Kier molecular flexibility index (Phi) is 3.84. The molecule has 0 aliphatic carbocycles. The van der Waals surface area contributed by atoms with Gasteiger partial charge in [0.15, 0.2) is 0 Å². The monoisotopic (exact) mass is 283 g/mol. The molecule has 0 saturated carbocycles. The summed E-state index contributed by atoms with van der Waals surface area (Å²) in [5.41, 5.74) is 0.421. The van der Waals surface area contributed by atoms with E-state index >= 15 is 0 Å². The van der Waals surface area contributed by atoms with Gasteiger partial charge in [0, 0.05) is 0 Å². The van der Waals surface area contributed by atoms with Gasteiger partial charge in [-0.15, -0.1) is 11.3 Å². The average molecular weight is 284 g/mol. The topological polar surface area (TPSA) is 59.4 Å². The Morgan fingerprint density at radius 3 is 2.89 bits per heavy atom. The van der Waals surface area contributed by atoms with Crippen molar-refractivity contribution in [2.75, 3.05) is 0 Å². The molecule has 1 aromatic heterocycles. The number of aromatic carboxylic acids is 1. The minimum absolute atomic E-state index is 0.0930. The van der Waals surface area contributed by atoms with Crippen LogP contribution < -0.4 is 4.74 Å². The fourth-order valence-corrected chi connectivity index (χ4v) is 2.39. The number of aromatic nitrogens is 1. The molecule has 1 N–H and O–H groups in total. The molecule has 18 heavy (non-hydrogen) atoms. The first-order valence-corrected chi connectivity index (χ1v) is 6.34. The first-order chi connectivity index (χ1) is 8.58. The summed E-state index contributed by atoms with van der Waals surface area (Å²) in [6.07, 6.45) is 0. The lowest BCUT2D eigenvalue weighted by atomic mass is 10.3. The zero-order valence-corrected chi connectivity index (χ0v) is 11.1. The number of hydrogen-bond acceptors (Lipinski definition) is 4. The Balaban J connectivity index is 2.16. The predicted molar refractivity (Wildman–Crippen MR) is 69.6 cm³/mol. The van der Waals surface area contributed by atoms with Crippen molar-refractivity contribution >= 4 is 28.9 Å². The smallest absolute Gasteiger partial charge is 0.347 e. The molecule has 6 heteroatoms. The number of carboxylic acid groups (broad SMARTS) is 1. The number of carboxylic acids is 1. The van der Waals surface area contributed by atoms with Gasteiger partial charge in [-0.1, -0.05) is 23.7 Å². The summed E-state index contributed by atoms with van der Waals surface area (Å²) >= 11 is 7.08. The van der Waals surface area contributed by atoms with Crippen LogP contribution in [0.1, 0.15) is 20.4 Å². The van der Waals surface area contributed by atoms with Crippen LogP contribution in [-0.4, -0.2) is 16.1 Å². The maximum atomic E-state index is 11.0. The van der Waals surface area contributed by atoms with Crippen molar-refractivity contribution in [1.29, 1.82) is 0 Å². The largest absolute Gasteiger partial charge is 0.486 e. The summed E-state index contributed by atoms with van der Waals surface area (Å²) in [7, 11) is 0. The zero-order chi connectivity index (χ0) is 13.1. The molecule has 0 spiro atoms. The summed E-state index contributed by atoms with van der Waals surface area (Å²) in [6, 6.07) is 7.03. The molecule has 0 fully saturated rings. The number of rotatable bonds is 4. The SMILES string of the molecule is Cc1nc(COc2ccccc2Cl)c(C(=O)O)s1. The molecule has 0 bridgehead atoms. The third-order valence-corrected chi connectivity index (χ3v) is 3.51. The minimum atomic E-state index is -0.988. The molecule has 0 atom stereocenters. The summed E-state index contributed by atoms with van der Waals surface area (Å²) in [5.74, 6) is -0.473. The van der Waals surface area contributed by atoms with Crippen LogP contribution in [-0.2, 0) is 6.61 Å². The highest BCUT2D eigenvalue weighted by molar-refractivity contribution is 7.13. The number of benzene rings is 1. The molecule has 2 rings (SSSR count). The van der Waals surface area contributed by atoms with Crippen molar-refractivity contribution in [2.24, 2.45) is 0 Å². The number of para-hydroxylation sites is 1. The number of thiazole rings is 1. The van der Waals surface area contributed by atoms with E-state index in [1.807, 2.05) is 0 Å². The van der Waals surface area contributed by atoms with E-state index in [0.717, 1.165) is 11.3 Å². The van der Waals surface area contributed by atoms with Gasteiger partial charge in [0.1, 0.15) is 22.9 Å². The maximum Gasteiger partial charge on any atom is 0.347 e. The predicted octanol–water partition coefficient (Wildman–Crippen LogP) is 3.38. The standard InChI is InChI=1S/C12H10ClNO3S/c1-7-14-9(11(18-7)12(15)16)6-17-10-5-3-2-4-8(10)13/h2-5H,6H2,1H3,(H,15,16). The molecular weight excluding hydrogens is 274 g/mol. The average Bonchev–Trinajstić information content (AvgIpc) is 2.70. The molecule has 0 aliphatic heterocycles. The van der Waals surface area contributed by atoms with Crippen LogP contribution in [0.25, 0.3) is 0 Å². The highest BCUT2D eigenvalue weighted by Gasteiger charge is 2.16. The summed E-state index contributed by atoms with van der Waals surface area (Å²) < 4.78 is 5.48. The van der Waals surface area contributed by atoms with E-state index in [4.69, 9.17) is 21.4 Å². The fraction of sp³-hybridized carbons (Fsp3) is 0.167. The van der Waals surface area contributed by atoms with Crippen molar-refractivity contribution < 1.29 is 14.6 Å². The van der Waals surface area contributed by atoms with Gasteiger partial charge in [-0.25, -0.2) is 9.78 Å². The number of hydrogen-bond donors (Lipinski definition) is 1. The molecule has 0 amide bonds. The second kappa shape index (κ2) is 5.37. The lowest BCUT2D eigenvalue weighted by Gasteiger charge is -2.06. The molecule has 1 heterocycles. The molecule has 2 aromatic rings. The molecule has 0 saturated heterocycles. The van der Waals surface area contributed by atoms with Crippen molar-refractivity contribution in [3.8, 4) is 5.75 Å². The highest BCUT2D eigenvalue weighted by Crippen LogP contribution is 2.25. The Bertz CT molecular complexity index is 582. The Labute approximate surface area is 113 Å². The molecule has 0 aliphatic rings. The van der Waals surface area contributed by atoms with Crippen LogP contribution in [0.3, 0.4) is 0 Å². The maximum absolute atomic E-state index is 11.0. The molecular formula is C12H10ClNO3S. The van der Waals surface area contributed by atoms with E-state index in [1.54, 1.807) is 31.2 Å². The van der Waals surface area contributed by atoms with Crippen molar-refractivity contribution in [3.05, 3.63) is 44.9 Å². The van der Waals surface area contributed by atoms with Crippen LogP contribution in [0.5, 0.6) is 5.75 Å². The second-order valence-electron chi connectivity index (χ2n) is 3.53. The van der Waals surface area contributed by atoms with Gasteiger partial charge < -0.3 is 9.84 Å². The van der Waals surface area contributed by atoms with Crippen LogP contribution in [0.15, 0.2) is 24.3 Å². The van der Waals surface area contributed by atoms with Gasteiger partial charge in [-0.2, -0.15) is 0 Å². The van der Waals surface area contributed by atoms with Crippen molar-refractivity contribution in [1.82, 2.24) is 4.98 Å². The van der Waals surface area contributed by atoms with Crippen LogP contribution >= 0.6 is 22.9 Å². The number of halogens is 1. The normalized spacial score (nSPS) is 10.3. The van der Waals surface area contributed by atoms with E-state index in [9.17, 15) is 4.79 Å². The first-order valence-electron chi connectivity index (χ1n) is 5.15. The van der Waals surface area contributed by atoms with Gasteiger partial charge in [-0.05, 0) is 19.1 Å². The van der Waals surface area contributed by atoms with E-state index in [1.165, 1.54) is 0 Å². The quantitative estimate of drug-likeness (QED) is 0.934. The summed E-state index contributed by atoms with van der Waals surface area (Å²) in [5, 5.41) is 10.2. The van der Waals surface area contributed by atoms with Gasteiger partial charge >= 0.3 is 5.97 Å². The number of aryl methyl sites for hydroxylation is 1. The minimum Gasteiger partial charge on any atom is -0.486 e. The van der Waals surface area contributed by atoms with E-state index in [0.29, 0.717) is 21.5 Å². The van der Waals surface area contributed by atoms with E-state index < -0.39 is 5.97 Å². The first kappa shape index (κ1) is 12.9. The number of nitrogens with zero attached hydrogens (tertiary/aromatic N) is 1. The lowest BCUT2D eigenvalue weighted by molar-refractivity contribution is 0.0699. The van der Waals surface area contributed by atoms with Gasteiger partial charge in [0.2, 0.25) is 0 Å².